The molecule has 0 saturated heterocycles. The van der Waals surface area contributed by atoms with Gasteiger partial charge >= 0.3 is 0 Å². The third-order valence-corrected chi connectivity index (χ3v) is 5.15. The maximum Gasteiger partial charge on any atom is 0.246 e. The van der Waals surface area contributed by atoms with Gasteiger partial charge in [0.2, 0.25) is 5.91 Å². The molecule has 0 aliphatic carbocycles. The number of hydrogen-bond acceptors (Lipinski definition) is 4. The molecule has 0 fully saturated rings. The normalized spacial score (nSPS) is 11.5. The van der Waals surface area contributed by atoms with Crippen LogP contribution in [0.3, 0.4) is 0 Å². The molecule has 0 radical (unpaired) electrons. The van der Waals surface area contributed by atoms with Crippen molar-refractivity contribution in [3.05, 3.63) is 50.9 Å². The number of thiophene rings is 1. The quantitative estimate of drug-likeness (QED) is 0.647. The number of carbonyl (C=O) groups is 1. The molecule has 0 unspecified atom stereocenters. The Morgan fingerprint density at radius 2 is 2.32 bits per heavy atom. The molecule has 3 aromatic heterocycles. The van der Waals surface area contributed by atoms with Crippen LogP contribution in [-0.2, 0) is 11.3 Å². The molecule has 0 spiro atoms. The van der Waals surface area contributed by atoms with Gasteiger partial charge in [0.15, 0.2) is 10.1 Å². The molecule has 3 rings (SSSR count). The van der Waals surface area contributed by atoms with Gasteiger partial charge in [-0.1, -0.05) is 17.7 Å². The molecule has 3 aromatic rings. The van der Waals surface area contributed by atoms with Crippen molar-refractivity contribution in [1.29, 1.82) is 0 Å². The smallest absolute Gasteiger partial charge is 0.246 e. The van der Waals surface area contributed by atoms with Gasteiger partial charge in [-0.2, -0.15) is 0 Å². The number of imidazole rings is 1. The van der Waals surface area contributed by atoms with Gasteiger partial charge in [-0.15, -0.1) is 22.7 Å². The summed E-state index contributed by atoms with van der Waals surface area (Å²) in [4.78, 5) is 20.4. The lowest BCUT2D eigenvalue weighted by Crippen LogP contribution is -2.28. The van der Waals surface area contributed by atoms with Crippen LogP contribution in [0.15, 0.2) is 35.2 Å². The van der Waals surface area contributed by atoms with Gasteiger partial charge in [-0.25, -0.2) is 4.98 Å². The number of nitrogens with zero attached hydrogens (tertiary/aromatic N) is 3. The molecule has 3 heterocycles. The van der Waals surface area contributed by atoms with Crippen molar-refractivity contribution in [2.45, 2.75) is 13.5 Å². The lowest BCUT2D eigenvalue weighted by atomic mass is 10.3. The number of halogens is 1. The first-order valence-corrected chi connectivity index (χ1v) is 8.93. The highest BCUT2D eigenvalue weighted by molar-refractivity contribution is 7.15. The molecule has 0 aromatic carbocycles. The summed E-state index contributed by atoms with van der Waals surface area (Å²) in [5.41, 5.74) is 0.735. The monoisotopic (exact) mass is 351 g/mol. The highest BCUT2D eigenvalue weighted by Crippen LogP contribution is 2.22. The van der Waals surface area contributed by atoms with E-state index in [-0.39, 0.29) is 5.91 Å². The van der Waals surface area contributed by atoms with Gasteiger partial charge in [0.25, 0.3) is 0 Å². The summed E-state index contributed by atoms with van der Waals surface area (Å²) < 4.78 is 1.88. The summed E-state index contributed by atoms with van der Waals surface area (Å²) in [6, 6.07) is 4.03. The van der Waals surface area contributed by atoms with E-state index in [0.29, 0.717) is 18.2 Å². The Labute approximate surface area is 141 Å². The molecule has 7 heteroatoms. The van der Waals surface area contributed by atoms with Gasteiger partial charge in [0.05, 0.1) is 12.2 Å². The Morgan fingerprint density at radius 3 is 3.05 bits per heavy atom. The fourth-order valence-corrected chi connectivity index (χ4v) is 3.84. The van der Waals surface area contributed by atoms with Gasteiger partial charge < -0.3 is 4.90 Å². The number of hydrogen-bond donors (Lipinski definition) is 0. The summed E-state index contributed by atoms with van der Waals surface area (Å²) in [5.74, 6) is -0.0304. The minimum absolute atomic E-state index is 0.0304. The first-order valence-electron chi connectivity index (χ1n) is 6.79. The zero-order chi connectivity index (χ0) is 15.5. The van der Waals surface area contributed by atoms with Gasteiger partial charge in [0.1, 0.15) is 0 Å². The number of thiazole rings is 1. The van der Waals surface area contributed by atoms with Crippen LogP contribution in [0, 0.1) is 0 Å². The number of carbonyl (C=O) groups excluding carboxylic acids is 1. The van der Waals surface area contributed by atoms with E-state index >= 15 is 0 Å². The molecule has 0 N–H and O–H groups in total. The van der Waals surface area contributed by atoms with E-state index in [0.717, 1.165) is 10.7 Å². The summed E-state index contributed by atoms with van der Waals surface area (Å²) in [6.07, 6.45) is 5.19. The van der Waals surface area contributed by atoms with E-state index in [4.69, 9.17) is 11.6 Å². The molecule has 0 aliphatic rings. The minimum atomic E-state index is -0.0304. The zero-order valence-corrected chi connectivity index (χ0v) is 14.3. The maximum absolute atomic E-state index is 12.4. The molecular weight excluding hydrogens is 338 g/mol. The van der Waals surface area contributed by atoms with Crippen LogP contribution >= 0.6 is 34.3 Å². The molecule has 22 heavy (non-hydrogen) atoms. The second-order valence-electron chi connectivity index (χ2n) is 4.61. The second kappa shape index (κ2) is 6.64. The highest BCUT2D eigenvalue weighted by Gasteiger charge is 2.12. The van der Waals surface area contributed by atoms with Crippen LogP contribution in [0.5, 0.6) is 0 Å². The topological polar surface area (TPSA) is 37.6 Å². The van der Waals surface area contributed by atoms with Crippen molar-refractivity contribution in [2.24, 2.45) is 0 Å². The third-order valence-electron chi connectivity index (χ3n) is 3.26. The number of likely N-dealkylation sites (N-methyl/N-ethyl adjacent to an activating group) is 1. The van der Waals surface area contributed by atoms with E-state index < -0.39 is 0 Å². The fourth-order valence-electron chi connectivity index (χ4n) is 2.12. The SMILES string of the molecule is CCN(Cc1cccs1)C(=O)/C=C/c1c(Cl)nc2sccn12. The molecule has 0 bridgehead atoms. The van der Waals surface area contributed by atoms with E-state index in [1.165, 1.54) is 16.2 Å². The molecule has 0 aliphatic heterocycles. The second-order valence-corrected chi connectivity index (χ2v) is 6.87. The maximum atomic E-state index is 12.4. The van der Waals surface area contributed by atoms with Crippen LogP contribution in [0.2, 0.25) is 5.15 Å². The number of rotatable bonds is 5. The standard InChI is InChI=1S/C15H14ClN3OS2/c1-2-18(10-11-4-3-8-21-11)13(20)6-5-12-14(16)17-15-19(12)7-9-22-15/h3-9H,2,10H2,1H3/b6-5+. The van der Waals surface area contributed by atoms with E-state index in [1.54, 1.807) is 28.4 Å². The molecule has 1 amide bonds. The lowest BCUT2D eigenvalue weighted by Gasteiger charge is -2.18. The largest absolute Gasteiger partial charge is 0.334 e. The Hall–Kier alpha value is -1.63. The van der Waals surface area contributed by atoms with Crippen LogP contribution in [0.25, 0.3) is 11.0 Å². The highest BCUT2D eigenvalue weighted by atomic mass is 35.5. The molecule has 0 atom stereocenters. The predicted octanol–water partition coefficient (Wildman–Crippen LogP) is 4.17. The summed E-state index contributed by atoms with van der Waals surface area (Å²) >= 11 is 9.28. The van der Waals surface area contributed by atoms with Crippen molar-refractivity contribution in [1.82, 2.24) is 14.3 Å². The minimum Gasteiger partial charge on any atom is -0.334 e. The van der Waals surface area contributed by atoms with Crippen molar-refractivity contribution >= 4 is 51.2 Å². The molecular formula is C15H14ClN3OS2. The van der Waals surface area contributed by atoms with Crippen LogP contribution in [0.4, 0.5) is 0 Å². The van der Waals surface area contributed by atoms with Gasteiger partial charge in [-0.3, -0.25) is 9.20 Å². The Balaban J connectivity index is 1.77. The van der Waals surface area contributed by atoms with Crippen molar-refractivity contribution in [2.75, 3.05) is 6.54 Å². The lowest BCUT2D eigenvalue weighted by molar-refractivity contribution is -0.126. The third kappa shape index (κ3) is 3.09. The Bertz CT molecular complexity index is 804. The predicted molar refractivity (Wildman–Crippen MR) is 92.5 cm³/mol. The van der Waals surface area contributed by atoms with Gasteiger partial charge in [0, 0.05) is 29.1 Å². The summed E-state index contributed by atoms with van der Waals surface area (Å²) in [7, 11) is 0. The number of amides is 1. The van der Waals surface area contributed by atoms with Crippen molar-refractivity contribution < 1.29 is 4.79 Å². The fraction of sp³-hybridized carbons (Fsp3) is 0.200. The van der Waals surface area contributed by atoms with Crippen LogP contribution in [0.1, 0.15) is 17.5 Å². The Kier molecular flexibility index (Phi) is 4.61. The van der Waals surface area contributed by atoms with E-state index in [9.17, 15) is 4.79 Å². The molecule has 0 saturated carbocycles. The number of fused-ring (bicyclic) bond motifs is 1. The number of aromatic nitrogens is 2. The average Bonchev–Trinajstić information content (AvgIpc) is 3.20. The Morgan fingerprint density at radius 1 is 1.45 bits per heavy atom. The molecule has 114 valence electrons. The molecule has 4 nitrogen and oxygen atoms in total. The average molecular weight is 352 g/mol. The summed E-state index contributed by atoms with van der Waals surface area (Å²) in [6.45, 7) is 3.27. The van der Waals surface area contributed by atoms with E-state index in [1.807, 2.05) is 40.4 Å². The van der Waals surface area contributed by atoms with Crippen LogP contribution in [-0.4, -0.2) is 26.7 Å². The van der Waals surface area contributed by atoms with Crippen molar-refractivity contribution in [3.63, 3.8) is 0 Å². The zero-order valence-electron chi connectivity index (χ0n) is 11.9. The van der Waals surface area contributed by atoms with Gasteiger partial charge in [-0.05, 0) is 24.4 Å². The van der Waals surface area contributed by atoms with E-state index in [2.05, 4.69) is 4.98 Å². The summed E-state index contributed by atoms with van der Waals surface area (Å²) in [5, 5.41) is 4.37. The van der Waals surface area contributed by atoms with Crippen molar-refractivity contribution in [3.8, 4) is 0 Å². The first kappa shape index (κ1) is 15.3. The van der Waals surface area contributed by atoms with Crippen LogP contribution < -0.4 is 0 Å². The first-order chi connectivity index (χ1) is 10.7.